The van der Waals surface area contributed by atoms with Gasteiger partial charge in [0.25, 0.3) is 0 Å². The first-order valence-corrected chi connectivity index (χ1v) is 12.6. The molecule has 3 aromatic rings. The summed E-state index contributed by atoms with van der Waals surface area (Å²) < 4.78 is 27.9. The molecule has 1 saturated heterocycles. The van der Waals surface area contributed by atoms with Crippen LogP contribution < -0.4 is 15.4 Å². The number of sulfonamides is 1. The number of amides is 1. The molecule has 1 heterocycles. The van der Waals surface area contributed by atoms with E-state index in [1.807, 2.05) is 48.5 Å². The molecular weight excluding hydrogens is 446 g/mol. The van der Waals surface area contributed by atoms with Gasteiger partial charge >= 0.3 is 0 Å². The van der Waals surface area contributed by atoms with E-state index in [4.69, 9.17) is 11.6 Å². The Hall–Kier alpha value is -2.45. The minimum atomic E-state index is -3.54. The van der Waals surface area contributed by atoms with Gasteiger partial charge in [-0.1, -0.05) is 41.9 Å². The van der Waals surface area contributed by atoms with Gasteiger partial charge in [-0.05, 0) is 66.6 Å². The van der Waals surface area contributed by atoms with Crippen molar-refractivity contribution < 1.29 is 13.2 Å². The predicted octanol–water partition coefficient (Wildman–Crippen LogP) is 3.88. The van der Waals surface area contributed by atoms with E-state index in [-0.39, 0.29) is 28.7 Å². The Labute approximate surface area is 192 Å². The largest absolute Gasteiger partial charge is 0.326 e. The van der Waals surface area contributed by atoms with Crippen LogP contribution in [0.25, 0.3) is 10.8 Å². The molecule has 1 unspecified atom stereocenters. The zero-order chi connectivity index (χ0) is 22.3. The Balaban J connectivity index is 1.23. The summed E-state index contributed by atoms with van der Waals surface area (Å²) in [5.74, 6) is -0.0571. The number of rotatable bonds is 6. The maximum Gasteiger partial charge on any atom is 0.240 e. The van der Waals surface area contributed by atoms with Crippen molar-refractivity contribution >= 4 is 44.0 Å². The Morgan fingerprint density at radius 2 is 1.88 bits per heavy atom. The lowest BCUT2D eigenvalue weighted by atomic mass is 10.1. The molecule has 2 fully saturated rings. The molecule has 166 valence electrons. The van der Waals surface area contributed by atoms with Gasteiger partial charge in [-0.15, -0.1) is 0 Å². The van der Waals surface area contributed by atoms with Gasteiger partial charge in [0.05, 0.1) is 4.90 Å². The number of fused-ring (bicyclic) bond motifs is 1. The van der Waals surface area contributed by atoms with E-state index < -0.39 is 10.0 Å². The third-order valence-corrected chi connectivity index (χ3v) is 8.09. The van der Waals surface area contributed by atoms with Crippen LogP contribution in [0.3, 0.4) is 0 Å². The number of carbonyl (C=O) groups is 1. The lowest BCUT2D eigenvalue weighted by Gasteiger charge is -2.12. The van der Waals surface area contributed by atoms with Gasteiger partial charge in [0.1, 0.15) is 0 Å². The molecule has 3 N–H and O–H groups in total. The van der Waals surface area contributed by atoms with Crippen LogP contribution in [0.4, 0.5) is 5.69 Å². The number of nitrogens with one attached hydrogen (secondary N) is 3. The molecule has 0 spiro atoms. The summed E-state index contributed by atoms with van der Waals surface area (Å²) in [6.45, 7) is 1.48. The summed E-state index contributed by atoms with van der Waals surface area (Å²) >= 11 is 6.27. The van der Waals surface area contributed by atoms with E-state index in [0.717, 1.165) is 41.4 Å². The number of halogens is 1. The maximum atomic E-state index is 12.7. The average Bonchev–Trinajstić information content (AvgIpc) is 3.44. The Morgan fingerprint density at radius 3 is 2.62 bits per heavy atom. The minimum absolute atomic E-state index is 0.0338. The van der Waals surface area contributed by atoms with Gasteiger partial charge in [-0.25, -0.2) is 13.1 Å². The van der Waals surface area contributed by atoms with Gasteiger partial charge in [0.15, 0.2) is 0 Å². The van der Waals surface area contributed by atoms with Crippen molar-refractivity contribution in [1.82, 2.24) is 10.0 Å². The molecule has 1 aliphatic carbocycles. The van der Waals surface area contributed by atoms with Crippen molar-refractivity contribution in [1.29, 1.82) is 0 Å². The highest BCUT2D eigenvalue weighted by atomic mass is 35.5. The van der Waals surface area contributed by atoms with Gasteiger partial charge in [0, 0.05) is 34.6 Å². The third kappa shape index (κ3) is 4.38. The molecule has 2 aliphatic rings. The quantitative estimate of drug-likeness (QED) is 0.511. The molecule has 3 aromatic carbocycles. The number of anilines is 1. The standard InChI is InChI=1S/C24H24ClN3O3S/c25-23-3-1-2-15-4-7-17(12-21(15)23)27-24(29)22-13-20(22)16-5-8-19(9-6-16)32(30,31)28-18-10-11-26-14-18/h1-9,12,18,20,22,26,28H,10-11,13-14H2,(H,27,29)/t18?,20-,22+/m0/s1. The molecule has 5 rings (SSSR count). The molecule has 6 nitrogen and oxygen atoms in total. The maximum absolute atomic E-state index is 12.7. The first kappa shape index (κ1) is 21.4. The van der Waals surface area contributed by atoms with Crippen molar-refractivity contribution in [3.63, 3.8) is 0 Å². The fraction of sp³-hybridized carbons (Fsp3) is 0.292. The van der Waals surface area contributed by atoms with Crippen molar-refractivity contribution in [3.8, 4) is 0 Å². The summed E-state index contributed by atoms with van der Waals surface area (Å²) in [5.41, 5.74) is 1.70. The first-order chi connectivity index (χ1) is 15.4. The topological polar surface area (TPSA) is 87.3 Å². The Bertz CT molecular complexity index is 1270. The highest BCUT2D eigenvalue weighted by Gasteiger charge is 2.44. The monoisotopic (exact) mass is 469 g/mol. The van der Waals surface area contributed by atoms with Crippen LogP contribution in [-0.2, 0) is 14.8 Å². The fourth-order valence-electron chi connectivity index (χ4n) is 4.34. The van der Waals surface area contributed by atoms with Gasteiger partial charge in [-0.2, -0.15) is 0 Å². The highest BCUT2D eigenvalue weighted by molar-refractivity contribution is 7.89. The van der Waals surface area contributed by atoms with Crippen molar-refractivity contribution in [2.24, 2.45) is 5.92 Å². The smallest absolute Gasteiger partial charge is 0.240 e. The molecule has 3 atom stereocenters. The molecule has 0 radical (unpaired) electrons. The highest BCUT2D eigenvalue weighted by Crippen LogP contribution is 2.48. The molecule has 1 amide bonds. The molecule has 0 bridgehead atoms. The van der Waals surface area contributed by atoms with Crippen LogP contribution in [0.2, 0.25) is 5.02 Å². The van der Waals surface area contributed by atoms with E-state index in [2.05, 4.69) is 15.4 Å². The summed E-state index contributed by atoms with van der Waals surface area (Å²) in [4.78, 5) is 13.0. The second kappa shape index (κ2) is 8.48. The van der Waals surface area contributed by atoms with Crippen molar-refractivity contribution in [2.75, 3.05) is 18.4 Å². The zero-order valence-electron chi connectivity index (χ0n) is 17.3. The normalized spacial score (nSPS) is 22.7. The van der Waals surface area contributed by atoms with Crippen LogP contribution in [0.15, 0.2) is 65.6 Å². The lowest BCUT2D eigenvalue weighted by Crippen LogP contribution is -2.36. The number of hydrogen-bond donors (Lipinski definition) is 3. The van der Waals surface area contributed by atoms with E-state index >= 15 is 0 Å². The second-order valence-corrected chi connectivity index (χ2v) is 10.6. The molecule has 1 saturated carbocycles. The van der Waals surface area contributed by atoms with Gasteiger partial charge < -0.3 is 10.6 Å². The molecular formula is C24H24ClN3O3S. The minimum Gasteiger partial charge on any atom is -0.326 e. The lowest BCUT2D eigenvalue weighted by molar-refractivity contribution is -0.117. The summed E-state index contributed by atoms with van der Waals surface area (Å²) in [6, 6.07) is 18.2. The van der Waals surface area contributed by atoms with Crippen LogP contribution in [0, 0.1) is 5.92 Å². The van der Waals surface area contributed by atoms with Crippen molar-refractivity contribution in [3.05, 3.63) is 71.2 Å². The zero-order valence-corrected chi connectivity index (χ0v) is 18.9. The SMILES string of the molecule is O=C(Nc1ccc2cccc(Cl)c2c1)[C@@H]1C[C@H]1c1ccc(S(=O)(=O)NC2CCNC2)cc1. The molecule has 0 aromatic heterocycles. The van der Waals surface area contributed by atoms with Crippen LogP contribution >= 0.6 is 11.6 Å². The molecule has 32 heavy (non-hydrogen) atoms. The van der Waals surface area contributed by atoms with Crippen LogP contribution in [-0.4, -0.2) is 33.5 Å². The van der Waals surface area contributed by atoms with Gasteiger partial charge in [-0.3, -0.25) is 4.79 Å². The average molecular weight is 470 g/mol. The Morgan fingerprint density at radius 1 is 1.06 bits per heavy atom. The number of hydrogen-bond acceptors (Lipinski definition) is 4. The predicted molar refractivity (Wildman–Crippen MR) is 126 cm³/mol. The van der Waals surface area contributed by atoms with Gasteiger partial charge in [0.2, 0.25) is 15.9 Å². The summed E-state index contributed by atoms with van der Waals surface area (Å²) in [5, 5.41) is 8.71. The fourth-order valence-corrected chi connectivity index (χ4v) is 5.84. The van der Waals surface area contributed by atoms with Crippen LogP contribution in [0.1, 0.15) is 24.3 Å². The second-order valence-electron chi connectivity index (χ2n) is 8.49. The molecule has 1 aliphatic heterocycles. The summed E-state index contributed by atoms with van der Waals surface area (Å²) in [6.07, 6.45) is 1.54. The first-order valence-electron chi connectivity index (χ1n) is 10.7. The summed E-state index contributed by atoms with van der Waals surface area (Å²) in [7, 11) is -3.54. The third-order valence-electron chi connectivity index (χ3n) is 6.22. The number of benzene rings is 3. The number of carbonyl (C=O) groups excluding carboxylic acids is 1. The van der Waals surface area contributed by atoms with Crippen LogP contribution in [0.5, 0.6) is 0 Å². The molecule has 8 heteroatoms. The van der Waals surface area contributed by atoms with E-state index in [1.54, 1.807) is 12.1 Å². The van der Waals surface area contributed by atoms with Crippen molar-refractivity contribution in [2.45, 2.75) is 29.7 Å². The van der Waals surface area contributed by atoms with E-state index in [1.165, 1.54) is 0 Å². The van der Waals surface area contributed by atoms with E-state index in [0.29, 0.717) is 11.6 Å². The Kier molecular flexibility index (Phi) is 5.67. The van der Waals surface area contributed by atoms with E-state index in [9.17, 15) is 13.2 Å².